The highest BCUT2D eigenvalue weighted by Crippen LogP contribution is 2.46. The van der Waals surface area contributed by atoms with E-state index in [0.29, 0.717) is 0 Å². The van der Waals surface area contributed by atoms with Crippen molar-refractivity contribution in [1.29, 1.82) is 1.43 Å². The summed E-state index contributed by atoms with van der Waals surface area (Å²) in [5, 5.41) is 17.0. The molecule has 2 aromatic heterocycles. The van der Waals surface area contributed by atoms with Gasteiger partial charge in [0, 0.05) is 20.4 Å². The summed E-state index contributed by atoms with van der Waals surface area (Å²) in [5.74, 6) is -0.679. The SMILES string of the molecule is [3H]CCNc1nc2c(ncn2[C@@H]2O[C@](C=C)(CO)[C@@H](CCO[3H])[C@H]2F)c(=O)[nH]1. The number of fused-ring (bicyclic) bond motifs is 1. The number of aromatic nitrogens is 4. The maximum Gasteiger partial charge on any atom is 0.280 e. The maximum absolute atomic E-state index is 15.3. The minimum absolute atomic E-state index is 0.0124. The molecule has 3 heterocycles. The molecule has 10 heteroatoms. The monoisotopic (exact) mass is 371 g/mol. The number of hydrogen-bond donors (Lipinski definition) is 4. The Bertz CT molecular complexity index is 894. The summed E-state index contributed by atoms with van der Waals surface area (Å²) in [7, 11) is 0. The number of aliphatic hydroxyl groups is 2. The third-order valence-electron chi connectivity index (χ3n) is 4.65. The zero-order valence-electron chi connectivity index (χ0n) is 16.0. The average Bonchev–Trinajstić information content (AvgIpc) is 3.24. The summed E-state index contributed by atoms with van der Waals surface area (Å²) < 4.78 is 36.5. The molecule has 4 N–H and O–H groups in total. The molecule has 0 saturated carbocycles. The number of ether oxygens (including phenoxy) is 1. The van der Waals surface area contributed by atoms with Crippen LogP contribution in [-0.4, -0.2) is 62.7 Å². The number of aromatic amines is 1. The minimum atomic E-state index is -1.59. The van der Waals surface area contributed by atoms with E-state index in [1.807, 2.05) is 0 Å². The van der Waals surface area contributed by atoms with E-state index in [2.05, 4.69) is 32.0 Å². The van der Waals surface area contributed by atoms with Crippen LogP contribution in [0, 0.1) is 5.92 Å². The standard InChI is InChI=1S/C16H22FN5O4/c1-3-16(7-24)9(5-6-23)10(17)14(26-16)22-8-19-11-12(22)20-15(18-4-2)21-13(11)25/h3,8-10,14,23-24H,1,4-7H2,2H3,(H2,18,20,21,25)/t9-,10+,14+,16+/m0/s1/i2T,23T. The molecule has 142 valence electrons. The van der Waals surface area contributed by atoms with Crippen LogP contribution in [0.4, 0.5) is 10.3 Å². The van der Waals surface area contributed by atoms with Crippen molar-refractivity contribution in [3.05, 3.63) is 29.3 Å². The maximum atomic E-state index is 15.3. The van der Waals surface area contributed by atoms with Gasteiger partial charge in [-0.05, 0) is 13.3 Å². The number of aliphatic hydroxyl groups excluding tert-OH is 2. The molecule has 0 unspecified atom stereocenters. The molecule has 1 saturated heterocycles. The summed E-state index contributed by atoms with van der Waals surface area (Å²) in [6, 6.07) is 0. The molecule has 0 aromatic carbocycles. The predicted molar refractivity (Wildman–Crippen MR) is 92.5 cm³/mol. The smallest absolute Gasteiger partial charge is 0.280 e. The predicted octanol–water partition coefficient (Wildman–Crippen LogP) is 0.334. The molecular weight excluding hydrogens is 345 g/mol. The van der Waals surface area contributed by atoms with Crippen molar-refractivity contribution in [2.45, 2.75) is 31.3 Å². The molecule has 9 nitrogen and oxygen atoms in total. The van der Waals surface area contributed by atoms with Crippen LogP contribution >= 0.6 is 0 Å². The first-order chi connectivity index (χ1) is 13.5. The van der Waals surface area contributed by atoms with Gasteiger partial charge in [-0.2, -0.15) is 4.98 Å². The number of anilines is 1. The van der Waals surface area contributed by atoms with Gasteiger partial charge < -0.3 is 20.3 Å². The van der Waals surface area contributed by atoms with Crippen molar-refractivity contribution in [2.24, 2.45) is 5.92 Å². The molecule has 0 spiro atoms. The molecule has 0 bridgehead atoms. The second-order valence-electron chi connectivity index (χ2n) is 6.03. The number of imidazole rings is 1. The Hall–Kier alpha value is -2.30. The van der Waals surface area contributed by atoms with Crippen LogP contribution in [0.2, 0.25) is 0 Å². The normalized spacial score (nSPS) is 29.5. The first-order valence-corrected chi connectivity index (χ1v) is 8.15. The van der Waals surface area contributed by atoms with Crippen molar-refractivity contribution < 1.29 is 20.7 Å². The molecule has 1 aliphatic heterocycles. The number of halogens is 1. The van der Waals surface area contributed by atoms with Gasteiger partial charge in [0.15, 0.2) is 23.6 Å². The summed E-state index contributed by atoms with van der Waals surface area (Å²) in [5.41, 5.74) is -1.76. The molecule has 0 aliphatic carbocycles. The molecule has 1 aliphatic rings. The van der Waals surface area contributed by atoms with Crippen LogP contribution in [0.3, 0.4) is 0 Å². The fourth-order valence-corrected chi connectivity index (χ4v) is 3.32. The summed E-state index contributed by atoms with van der Waals surface area (Å²) in [6.45, 7) is 3.46. The number of nitrogens with zero attached hydrogens (tertiary/aromatic N) is 3. The zero-order valence-corrected chi connectivity index (χ0v) is 14.0. The Kier molecular flexibility index (Phi) is 4.37. The number of hydrogen-bond acceptors (Lipinski definition) is 7. The average molecular weight is 371 g/mol. The lowest BCUT2D eigenvalue weighted by Crippen LogP contribution is -2.39. The fourth-order valence-electron chi connectivity index (χ4n) is 3.32. The van der Waals surface area contributed by atoms with Crippen molar-refractivity contribution in [3.63, 3.8) is 0 Å². The lowest BCUT2D eigenvalue weighted by molar-refractivity contribution is -0.0849. The van der Waals surface area contributed by atoms with E-state index < -0.39 is 36.1 Å². The highest BCUT2D eigenvalue weighted by Gasteiger charge is 2.54. The lowest BCUT2D eigenvalue weighted by atomic mass is 9.84. The minimum Gasteiger partial charge on any atom is -0.396 e. The highest BCUT2D eigenvalue weighted by molar-refractivity contribution is 5.71. The van der Waals surface area contributed by atoms with Crippen LogP contribution < -0.4 is 10.9 Å². The lowest BCUT2D eigenvalue weighted by Gasteiger charge is -2.28. The summed E-state index contributed by atoms with van der Waals surface area (Å²) in [6.07, 6.45) is -0.0698. The van der Waals surface area contributed by atoms with Crippen molar-refractivity contribution in [3.8, 4) is 0 Å². The zero-order chi connectivity index (χ0) is 20.3. The third kappa shape index (κ3) is 2.79. The second-order valence-corrected chi connectivity index (χ2v) is 6.03. The van der Waals surface area contributed by atoms with Gasteiger partial charge in [-0.25, -0.2) is 9.37 Å². The summed E-state index contributed by atoms with van der Waals surface area (Å²) >= 11 is 0. The van der Waals surface area contributed by atoms with Crippen LogP contribution in [0.5, 0.6) is 0 Å². The first-order valence-electron chi connectivity index (χ1n) is 9.27. The van der Waals surface area contributed by atoms with Gasteiger partial charge in [-0.15, -0.1) is 6.58 Å². The van der Waals surface area contributed by atoms with Gasteiger partial charge in [0.25, 0.3) is 5.56 Å². The van der Waals surface area contributed by atoms with Gasteiger partial charge in [-0.3, -0.25) is 14.3 Å². The van der Waals surface area contributed by atoms with E-state index in [-0.39, 0.29) is 43.6 Å². The van der Waals surface area contributed by atoms with Gasteiger partial charge in [0.1, 0.15) is 5.60 Å². The van der Waals surface area contributed by atoms with E-state index in [1.165, 1.54) is 17.0 Å². The molecule has 26 heavy (non-hydrogen) atoms. The third-order valence-corrected chi connectivity index (χ3v) is 4.65. The van der Waals surface area contributed by atoms with Crippen LogP contribution in [-0.2, 0) is 4.74 Å². The first kappa shape index (κ1) is 15.9. The Morgan fingerprint density at radius 1 is 1.73 bits per heavy atom. The molecular formula is C16H22FN5O4. The number of alkyl halides is 1. The molecule has 4 atom stereocenters. The van der Waals surface area contributed by atoms with E-state index >= 15 is 4.39 Å². The Balaban J connectivity index is 2.02. The fraction of sp³-hybridized carbons (Fsp3) is 0.562. The number of H-pyrrole nitrogens is 1. The Morgan fingerprint density at radius 2 is 2.58 bits per heavy atom. The number of rotatable bonds is 8. The number of nitrogens with one attached hydrogen (secondary N) is 2. The molecule has 0 amide bonds. The molecule has 0 radical (unpaired) electrons. The van der Waals surface area contributed by atoms with Crippen molar-refractivity contribution >= 4 is 17.1 Å². The van der Waals surface area contributed by atoms with Crippen LogP contribution in [0.1, 0.15) is 20.9 Å². The van der Waals surface area contributed by atoms with E-state index in [9.17, 15) is 9.90 Å². The Labute approximate surface area is 151 Å². The van der Waals surface area contributed by atoms with Crippen LogP contribution in [0.25, 0.3) is 11.2 Å². The summed E-state index contributed by atoms with van der Waals surface area (Å²) in [4.78, 5) is 23.0. The molecule has 3 rings (SSSR count). The van der Waals surface area contributed by atoms with Crippen LogP contribution in [0.15, 0.2) is 23.8 Å². The van der Waals surface area contributed by atoms with Gasteiger partial charge >= 0.3 is 0 Å². The van der Waals surface area contributed by atoms with Gasteiger partial charge in [-0.1, -0.05) is 6.08 Å². The highest BCUT2D eigenvalue weighted by atomic mass is 19.1. The quantitative estimate of drug-likeness (QED) is 0.493. The second kappa shape index (κ2) is 7.14. The van der Waals surface area contributed by atoms with E-state index in [4.69, 9.17) is 7.54 Å². The largest absolute Gasteiger partial charge is 0.396 e. The van der Waals surface area contributed by atoms with Crippen molar-refractivity contribution in [2.75, 3.05) is 25.1 Å². The molecule has 2 aromatic rings. The molecule has 1 fully saturated rings. The van der Waals surface area contributed by atoms with E-state index in [0.717, 1.165) is 0 Å². The van der Waals surface area contributed by atoms with Crippen molar-refractivity contribution in [1.82, 2.24) is 19.5 Å². The topological polar surface area (TPSA) is 125 Å². The Morgan fingerprint density at radius 3 is 3.27 bits per heavy atom. The van der Waals surface area contributed by atoms with Gasteiger partial charge in [0.05, 0.1) is 12.9 Å². The van der Waals surface area contributed by atoms with E-state index in [1.54, 1.807) is 0 Å². The van der Waals surface area contributed by atoms with Gasteiger partial charge in [0.2, 0.25) is 7.38 Å².